The Bertz CT molecular complexity index is 1210. The van der Waals surface area contributed by atoms with Crippen LogP contribution in [0, 0.1) is 5.92 Å². The molecule has 1 aliphatic heterocycles. The van der Waals surface area contributed by atoms with Crippen LogP contribution >= 0.6 is 11.6 Å². The zero-order chi connectivity index (χ0) is 26.3. The molecule has 2 aromatic carbocycles. The van der Waals surface area contributed by atoms with Gasteiger partial charge in [-0.25, -0.2) is 4.98 Å². The van der Waals surface area contributed by atoms with Gasteiger partial charge >= 0.3 is 0 Å². The number of nitrogens with zero attached hydrogens (tertiary/aromatic N) is 3. The van der Waals surface area contributed by atoms with Crippen LogP contribution in [0.25, 0.3) is 17.5 Å². The standard InChI is InChI=1S/C32H40ClN3O2/c1-3-4-18-36-30-23-31(38-20-15-25-7-11-27(33)12-8-25)24(2)22-29(30)34-32(36)26-9-13-28(14-10-26)37-21-19-35-16-5-6-17-35/h7-14,23-24H,3-6,15-22H2,1-2H3. The molecule has 0 amide bonds. The van der Waals surface area contributed by atoms with Gasteiger partial charge in [0.2, 0.25) is 0 Å². The van der Waals surface area contributed by atoms with E-state index in [9.17, 15) is 0 Å². The van der Waals surface area contributed by atoms with E-state index in [-0.39, 0.29) is 0 Å². The second-order valence-corrected chi connectivity index (χ2v) is 11.0. The average Bonchev–Trinajstić information content (AvgIpc) is 3.57. The molecular formula is C32H40ClN3O2. The fourth-order valence-corrected chi connectivity index (χ4v) is 5.50. The van der Waals surface area contributed by atoms with Crippen LogP contribution in [0.1, 0.15) is 56.5 Å². The van der Waals surface area contributed by atoms with Gasteiger partial charge in [-0.3, -0.25) is 4.90 Å². The Labute approximate surface area is 232 Å². The van der Waals surface area contributed by atoms with Gasteiger partial charge in [0.05, 0.1) is 18.0 Å². The lowest BCUT2D eigenvalue weighted by atomic mass is 9.96. The number of likely N-dealkylation sites (tertiary alicyclic amines) is 1. The monoisotopic (exact) mass is 533 g/mol. The predicted molar refractivity (Wildman–Crippen MR) is 156 cm³/mol. The fraction of sp³-hybridized carbons (Fsp3) is 0.469. The highest BCUT2D eigenvalue weighted by molar-refractivity contribution is 6.30. The Hall–Kier alpha value is -2.76. The molecule has 6 heteroatoms. The number of hydrogen-bond acceptors (Lipinski definition) is 4. The van der Waals surface area contributed by atoms with E-state index in [2.05, 4.69) is 65.8 Å². The average molecular weight is 534 g/mol. The number of hydrogen-bond donors (Lipinski definition) is 0. The Morgan fingerprint density at radius 3 is 2.45 bits per heavy atom. The van der Waals surface area contributed by atoms with Crippen molar-refractivity contribution in [3.63, 3.8) is 0 Å². The summed E-state index contributed by atoms with van der Waals surface area (Å²) < 4.78 is 14.7. The van der Waals surface area contributed by atoms with Gasteiger partial charge in [-0.05, 0) is 74.3 Å². The number of aromatic nitrogens is 2. The molecule has 2 aliphatic rings. The van der Waals surface area contributed by atoms with Crippen LogP contribution < -0.4 is 4.74 Å². The van der Waals surface area contributed by atoms with Crippen LogP contribution in [0.2, 0.25) is 5.02 Å². The summed E-state index contributed by atoms with van der Waals surface area (Å²) in [7, 11) is 0. The first-order valence-electron chi connectivity index (χ1n) is 14.2. The van der Waals surface area contributed by atoms with Crippen molar-refractivity contribution in [1.29, 1.82) is 0 Å². The number of ether oxygens (including phenoxy) is 2. The van der Waals surface area contributed by atoms with Crippen molar-refractivity contribution in [3.05, 3.63) is 76.3 Å². The number of allylic oxidation sites excluding steroid dienone is 1. The third-order valence-corrected chi connectivity index (χ3v) is 7.89. The number of rotatable bonds is 12. The fourth-order valence-electron chi connectivity index (χ4n) is 5.38. The maximum Gasteiger partial charge on any atom is 0.140 e. The maximum atomic E-state index is 6.32. The third kappa shape index (κ3) is 6.62. The Balaban J connectivity index is 1.29. The maximum absolute atomic E-state index is 6.32. The predicted octanol–water partition coefficient (Wildman–Crippen LogP) is 7.27. The van der Waals surface area contributed by atoms with Crippen LogP contribution in [0.15, 0.2) is 54.3 Å². The minimum Gasteiger partial charge on any atom is -0.497 e. The topological polar surface area (TPSA) is 39.5 Å². The summed E-state index contributed by atoms with van der Waals surface area (Å²) in [6.07, 6.45) is 8.87. The Morgan fingerprint density at radius 1 is 0.947 bits per heavy atom. The van der Waals surface area contributed by atoms with E-state index < -0.39 is 0 Å². The van der Waals surface area contributed by atoms with Gasteiger partial charge in [-0.2, -0.15) is 0 Å². The van der Waals surface area contributed by atoms with Gasteiger partial charge < -0.3 is 14.0 Å². The number of fused-ring (bicyclic) bond motifs is 1. The van der Waals surface area contributed by atoms with Crippen LogP contribution in [-0.4, -0.2) is 47.3 Å². The highest BCUT2D eigenvalue weighted by Crippen LogP contribution is 2.33. The SMILES string of the molecule is CCCCn1c(-c2ccc(OCCN3CCCC3)cc2)nc2c1C=C(OCCc1ccc(Cl)cc1)C(C)C2. The normalized spacial score (nSPS) is 17.3. The first-order chi connectivity index (χ1) is 18.6. The second kappa shape index (κ2) is 12.9. The van der Waals surface area contributed by atoms with E-state index in [1.54, 1.807) is 0 Å². The Kier molecular flexibility index (Phi) is 9.08. The van der Waals surface area contributed by atoms with Crippen molar-refractivity contribution in [2.24, 2.45) is 5.92 Å². The van der Waals surface area contributed by atoms with Crippen LogP contribution in [0.5, 0.6) is 5.75 Å². The van der Waals surface area contributed by atoms with Crippen molar-refractivity contribution in [2.75, 3.05) is 32.8 Å². The van der Waals surface area contributed by atoms with Crippen molar-refractivity contribution < 1.29 is 9.47 Å². The lowest BCUT2D eigenvalue weighted by molar-refractivity contribution is 0.185. The molecule has 1 fully saturated rings. The first kappa shape index (κ1) is 26.8. The zero-order valence-corrected chi connectivity index (χ0v) is 23.6. The Morgan fingerprint density at radius 2 is 1.71 bits per heavy atom. The van der Waals surface area contributed by atoms with Gasteiger partial charge in [0.15, 0.2) is 0 Å². The van der Waals surface area contributed by atoms with Crippen molar-refractivity contribution in [3.8, 4) is 17.1 Å². The van der Waals surface area contributed by atoms with Gasteiger partial charge in [-0.15, -0.1) is 0 Å². The molecule has 38 heavy (non-hydrogen) atoms. The molecule has 0 radical (unpaired) electrons. The van der Waals surface area contributed by atoms with Gasteiger partial charge in [0, 0.05) is 48.5 Å². The smallest absolute Gasteiger partial charge is 0.140 e. The number of benzene rings is 2. The summed E-state index contributed by atoms with van der Waals surface area (Å²) in [5.74, 6) is 3.33. The minimum absolute atomic E-state index is 0.307. The largest absolute Gasteiger partial charge is 0.497 e. The van der Waals surface area contributed by atoms with Crippen LogP contribution in [0.4, 0.5) is 0 Å². The van der Waals surface area contributed by atoms with Gasteiger partial charge in [-0.1, -0.05) is 44.0 Å². The number of imidazole rings is 1. The molecule has 0 N–H and O–H groups in total. The lowest BCUT2D eigenvalue weighted by Gasteiger charge is -2.22. The number of halogens is 1. The van der Waals surface area contributed by atoms with E-state index in [1.165, 1.54) is 42.9 Å². The summed E-state index contributed by atoms with van der Waals surface area (Å²) in [5, 5.41) is 0.765. The summed E-state index contributed by atoms with van der Waals surface area (Å²) in [4.78, 5) is 7.62. The molecule has 5 rings (SSSR count). The second-order valence-electron chi connectivity index (χ2n) is 10.6. The van der Waals surface area contributed by atoms with E-state index in [4.69, 9.17) is 26.1 Å². The van der Waals surface area contributed by atoms with Crippen molar-refractivity contribution in [1.82, 2.24) is 14.5 Å². The molecule has 1 atom stereocenters. The van der Waals surface area contributed by atoms with Crippen LogP contribution in [0.3, 0.4) is 0 Å². The molecule has 0 bridgehead atoms. The zero-order valence-electron chi connectivity index (χ0n) is 22.8. The third-order valence-electron chi connectivity index (χ3n) is 7.64. The highest BCUT2D eigenvalue weighted by atomic mass is 35.5. The summed E-state index contributed by atoms with van der Waals surface area (Å²) in [6, 6.07) is 16.5. The minimum atomic E-state index is 0.307. The van der Waals surface area contributed by atoms with E-state index in [0.717, 1.165) is 73.3 Å². The van der Waals surface area contributed by atoms with Crippen molar-refractivity contribution >= 4 is 17.7 Å². The summed E-state index contributed by atoms with van der Waals surface area (Å²) in [5.41, 5.74) is 4.73. The van der Waals surface area contributed by atoms with Gasteiger partial charge in [0.1, 0.15) is 23.9 Å². The molecule has 202 valence electrons. The highest BCUT2D eigenvalue weighted by Gasteiger charge is 2.26. The van der Waals surface area contributed by atoms with Crippen LogP contribution in [-0.2, 0) is 24.1 Å². The molecule has 2 heterocycles. The molecule has 1 aliphatic carbocycles. The molecule has 0 saturated carbocycles. The number of unbranched alkanes of at least 4 members (excludes halogenated alkanes) is 1. The molecule has 3 aromatic rings. The molecule has 0 spiro atoms. The van der Waals surface area contributed by atoms with E-state index in [0.29, 0.717) is 12.5 Å². The molecule has 1 unspecified atom stereocenters. The molecule has 1 aromatic heterocycles. The molecule has 5 nitrogen and oxygen atoms in total. The lowest BCUT2D eigenvalue weighted by Crippen LogP contribution is -2.25. The quantitative estimate of drug-likeness (QED) is 0.245. The summed E-state index contributed by atoms with van der Waals surface area (Å²) in [6.45, 7) is 10.2. The van der Waals surface area contributed by atoms with E-state index >= 15 is 0 Å². The van der Waals surface area contributed by atoms with Crippen molar-refractivity contribution in [2.45, 2.75) is 58.9 Å². The molecular weight excluding hydrogens is 494 g/mol. The van der Waals surface area contributed by atoms with E-state index in [1.807, 2.05) is 12.1 Å². The summed E-state index contributed by atoms with van der Waals surface area (Å²) >= 11 is 6.03. The first-order valence-corrected chi connectivity index (χ1v) is 14.6. The molecule has 1 saturated heterocycles. The van der Waals surface area contributed by atoms with Gasteiger partial charge in [0.25, 0.3) is 0 Å².